The summed E-state index contributed by atoms with van der Waals surface area (Å²) in [6, 6.07) is 4.25. The van der Waals surface area contributed by atoms with Crippen LogP contribution in [-0.4, -0.2) is 14.8 Å². The Hall–Kier alpha value is -1.91. The molecule has 1 heterocycles. The number of halogens is 1. The van der Waals surface area contributed by atoms with Crippen molar-refractivity contribution in [3.05, 3.63) is 29.8 Å². The van der Waals surface area contributed by atoms with Gasteiger partial charge in [0.1, 0.15) is 5.82 Å². The smallest absolute Gasteiger partial charge is 0.160 e. The molecule has 2 aromatic rings. The van der Waals surface area contributed by atoms with Crippen LogP contribution in [0.15, 0.2) is 18.2 Å². The Morgan fingerprint density at radius 2 is 2.06 bits per heavy atom. The molecule has 0 bridgehead atoms. The summed E-state index contributed by atoms with van der Waals surface area (Å²) in [5.74, 6) is 1.21. The number of rotatable bonds is 2. The molecule has 0 unspecified atom stereocenters. The largest absolute Gasteiger partial charge is 0.398 e. The average Bonchev–Trinajstić information content (AvgIpc) is 2.64. The first kappa shape index (κ1) is 11.6. The molecule has 90 valence electrons. The van der Waals surface area contributed by atoms with Crippen LogP contribution in [0.1, 0.15) is 25.6 Å². The van der Waals surface area contributed by atoms with Crippen LogP contribution in [0, 0.1) is 5.82 Å². The summed E-state index contributed by atoms with van der Waals surface area (Å²) in [6.45, 7) is 4.02. The van der Waals surface area contributed by atoms with E-state index in [0.29, 0.717) is 17.1 Å². The van der Waals surface area contributed by atoms with Crippen molar-refractivity contribution in [2.24, 2.45) is 7.05 Å². The number of benzene rings is 1. The molecule has 2 rings (SSSR count). The van der Waals surface area contributed by atoms with Gasteiger partial charge >= 0.3 is 0 Å². The number of aromatic nitrogens is 3. The third-order valence-corrected chi connectivity index (χ3v) is 2.55. The summed E-state index contributed by atoms with van der Waals surface area (Å²) in [7, 11) is 1.78. The Balaban J connectivity index is 2.56. The number of nitrogens with two attached hydrogens (primary N) is 1. The highest BCUT2D eigenvalue weighted by Crippen LogP contribution is 2.25. The fourth-order valence-electron chi connectivity index (χ4n) is 1.61. The van der Waals surface area contributed by atoms with Crippen LogP contribution >= 0.6 is 0 Å². The van der Waals surface area contributed by atoms with E-state index in [4.69, 9.17) is 5.73 Å². The maximum Gasteiger partial charge on any atom is 0.160 e. The molecule has 5 heteroatoms. The molecule has 0 spiro atoms. The zero-order chi connectivity index (χ0) is 12.6. The van der Waals surface area contributed by atoms with Crippen LogP contribution in [0.2, 0.25) is 0 Å². The van der Waals surface area contributed by atoms with E-state index in [1.165, 1.54) is 18.2 Å². The number of nitrogens with zero attached hydrogens (tertiary/aromatic N) is 3. The van der Waals surface area contributed by atoms with Crippen molar-refractivity contribution in [3.63, 3.8) is 0 Å². The predicted octanol–water partition coefficient (Wildman–Crippen LogP) is 2.33. The molecule has 4 nitrogen and oxygen atoms in total. The molecule has 0 amide bonds. The Kier molecular flexibility index (Phi) is 2.83. The van der Waals surface area contributed by atoms with Gasteiger partial charge < -0.3 is 5.73 Å². The Morgan fingerprint density at radius 1 is 1.35 bits per heavy atom. The topological polar surface area (TPSA) is 56.7 Å². The lowest BCUT2D eigenvalue weighted by Crippen LogP contribution is -1.98. The van der Waals surface area contributed by atoms with Crippen LogP contribution in [0.25, 0.3) is 11.4 Å². The molecule has 0 fully saturated rings. The van der Waals surface area contributed by atoms with Gasteiger partial charge in [-0.25, -0.2) is 14.1 Å². The second kappa shape index (κ2) is 4.16. The minimum absolute atomic E-state index is 0.227. The molecule has 1 aromatic heterocycles. The van der Waals surface area contributed by atoms with Gasteiger partial charge in [-0.15, -0.1) is 0 Å². The highest BCUT2D eigenvalue weighted by Gasteiger charge is 2.14. The first-order valence-corrected chi connectivity index (χ1v) is 5.45. The fraction of sp³-hybridized carbons (Fsp3) is 0.333. The summed E-state index contributed by atoms with van der Waals surface area (Å²) < 4.78 is 14.8. The second-order valence-corrected chi connectivity index (χ2v) is 4.30. The monoisotopic (exact) mass is 234 g/mol. The van der Waals surface area contributed by atoms with Gasteiger partial charge in [-0.1, -0.05) is 13.8 Å². The summed E-state index contributed by atoms with van der Waals surface area (Å²) in [5, 5.41) is 4.28. The maximum absolute atomic E-state index is 13.2. The second-order valence-electron chi connectivity index (χ2n) is 4.30. The van der Waals surface area contributed by atoms with E-state index >= 15 is 0 Å². The van der Waals surface area contributed by atoms with E-state index < -0.39 is 0 Å². The van der Waals surface area contributed by atoms with Crippen molar-refractivity contribution in [1.82, 2.24) is 14.8 Å². The maximum atomic E-state index is 13.2. The molecule has 0 aliphatic heterocycles. The van der Waals surface area contributed by atoms with Gasteiger partial charge in [-0.05, 0) is 18.2 Å². The van der Waals surface area contributed by atoms with Crippen molar-refractivity contribution in [1.29, 1.82) is 0 Å². The molecule has 0 aliphatic carbocycles. The van der Waals surface area contributed by atoms with E-state index in [1.807, 2.05) is 13.8 Å². The Morgan fingerprint density at radius 3 is 2.65 bits per heavy atom. The molecule has 17 heavy (non-hydrogen) atoms. The van der Waals surface area contributed by atoms with E-state index in [9.17, 15) is 4.39 Å². The average molecular weight is 234 g/mol. The number of hydrogen-bond acceptors (Lipinski definition) is 3. The van der Waals surface area contributed by atoms with Crippen LogP contribution in [0.4, 0.5) is 10.1 Å². The summed E-state index contributed by atoms with van der Waals surface area (Å²) in [6.07, 6.45) is 0. The molecular weight excluding hydrogens is 219 g/mol. The molecule has 0 atom stereocenters. The van der Waals surface area contributed by atoms with E-state index in [1.54, 1.807) is 11.7 Å². The SMILES string of the molecule is CC(C)c1nc(-c2cc(F)ccc2N)n(C)n1. The van der Waals surface area contributed by atoms with Gasteiger partial charge in [0.25, 0.3) is 0 Å². The lowest BCUT2D eigenvalue weighted by molar-refractivity contribution is 0.628. The van der Waals surface area contributed by atoms with Crippen molar-refractivity contribution in [2.45, 2.75) is 19.8 Å². The third kappa shape index (κ3) is 2.13. The normalized spacial score (nSPS) is 11.1. The lowest BCUT2D eigenvalue weighted by Gasteiger charge is -2.04. The van der Waals surface area contributed by atoms with E-state index in [0.717, 1.165) is 5.82 Å². The number of hydrogen-bond donors (Lipinski definition) is 1. The molecule has 0 aliphatic rings. The van der Waals surface area contributed by atoms with Crippen molar-refractivity contribution >= 4 is 5.69 Å². The van der Waals surface area contributed by atoms with Crippen LogP contribution in [-0.2, 0) is 7.05 Å². The van der Waals surface area contributed by atoms with Crippen LogP contribution < -0.4 is 5.73 Å². The standard InChI is InChI=1S/C12H15FN4/c1-7(2)11-15-12(17(3)16-11)9-6-8(13)4-5-10(9)14/h4-7H,14H2,1-3H3. The Bertz CT molecular complexity index is 545. The molecule has 1 aromatic carbocycles. The minimum Gasteiger partial charge on any atom is -0.398 e. The summed E-state index contributed by atoms with van der Waals surface area (Å²) >= 11 is 0. The summed E-state index contributed by atoms with van der Waals surface area (Å²) in [5.41, 5.74) is 6.90. The van der Waals surface area contributed by atoms with Crippen molar-refractivity contribution in [3.8, 4) is 11.4 Å². The number of aryl methyl sites for hydroxylation is 1. The van der Waals surface area contributed by atoms with Gasteiger partial charge in [0, 0.05) is 24.2 Å². The Labute approximate surface area is 99.3 Å². The summed E-state index contributed by atoms with van der Waals surface area (Å²) in [4.78, 5) is 4.39. The number of nitrogen functional groups attached to an aromatic ring is 1. The molecular formula is C12H15FN4. The predicted molar refractivity (Wildman–Crippen MR) is 64.9 cm³/mol. The van der Waals surface area contributed by atoms with Gasteiger partial charge in [0.15, 0.2) is 11.6 Å². The molecule has 2 N–H and O–H groups in total. The van der Waals surface area contributed by atoms with Gasteiger partial charge in [-0.2, -0.15) is 5.10 Å². The molecule has 0 radical (unpaired) electrons. The van der Waals surface area contributed by atoms with Crippen molar-refractivity contribution in [2.75, 3.05) is 5.73 Å². The highest BCUT2D eigenvalue weighted by molar-refractivity contribution is 5.71. The zero-order valence-corrected chi connectivity index (χ0v) is 10.1. The highest BCUT2D eigenvalue weighted by atomic mass is 19.1. The van der Waals surface area contributed by atoms with Gasteiger partial charge in [-0.3, -0.25) is 0 Å². The zero-order valence-electron chi connectivity index (χ0n) is 10.1. The van der Waals surface area contributed by atoms with Gasteiger partial charge in [0.05, 0.1) is 0 Å². The number of anilines is 1. The first-order chi connectivity index (χ1) is 7.99. The van der Waals surface area contributed by atoms with Crippen LogP contribution in [0.3, 0.4) is 0 Å². The molecule has 0 saturated carbocycles. The first-order valence-electron chi connectivity index (χ1n) is 5.45. The van der Waals surface area contributed by atoms with Gasteiger partial charge in [0.2, 0.25) is 0 Å². The van der Waals surface area contributed by atoms with Crippen molar-refractivity contribution < 1.29 is 4.39 Å². The third-order valence-electron chi connectivity index (χ3n) is 2.55. The fourth-order valence-corrected chi connectivity index (χ4v) is 1.61. The lowest BCUT2D eigenvalue weighted by atomic mass is 10.1. The van der Waals surface area contributed by atoms with E-state index in [-0.39, 0.29) is 11.7 Å². The quantitative estimate of drug-likeness (QED) is 0.811. The van der Waals surface area contributed by atoms with E-state index in [2.05, 4.69) is 10.1 Å². The van der Waals surface area contributed by atoms with Crippen LogP contribution in [0.5, 0.6) is 0 Å². The molecule has 0 saturated heterocycles. The minimum atomic E-state index is -0.330.